The molecule has 2 nitrogen and oxygen atoms in total. The summed E-state index contributed by atoms with van der Waals surface area (Å²) in [5.41, 5.74) is 1.17. The van der Waals surface area contributed by atoms with Crippen LogP contribution in [0.4, 0.5) is 0 Å². The highest BCUT2D eigenvalue weighted by atomic mass is 35.5. The minimum atomic E-state index is 0.701. The molecule has 1 heterocycles. The average Bonchev–Trinajstić information content (AvgIpc) is 2.42. The maximum Gasteiger partial charge on any atom is 0.0453 e. The Hall–Kier alpha value is -0.280. The molecular formula is C16H24Cl2N2. The lowest BCUT2D eigenvalue weighted by Crippen LogP contribution is -2.38. The van der Waals surface area contributed by atoms with Crippen LogP contribution in [-0.4, -0.2) is 37.6 Å². The molecule has 2 rings (SSSR count). The van der Waals surface area contributed by atoms with Crippen LogP contribution < -0.4 is 5.32 Å². The fraction of sp³-hybridized carbons (Fsp3) is 0.625. The maximum atomic E-state index is 6.16. The van der Waals surface area contributed by atoms with Gasteiger partial charge in [0.1, 0.15) is 0 Å². The fourth-order valence-corrected chi connectivity index (χ4v) is 3.35. The zero-order valence-corrected chi connectivity index (χ0v) is 13.7. The van der Waals surface area contributed by atoms with Crippen LogP contribution in [-0.2, 0) is 6.42 Å². The third-order valence-corrected chi connectivity index (χ3v) is 4.75. The van der Waals surface area contributed by atoms with Gasteiger partial charge in [0.05, 0.1) is 0 Å². The molecule has 1 unspecified atom stereocenters. The molecule has 1 fully saturated rings. The molecule has 1 aromatic rings. The van der Waals surface area contributed by atoms with Crippen molar-refractivity contribution in [1.82, 2.24) is 10.2 Å². The van der Waals surface area contributed by atoms with Crippen LogP contribution in [0.15, 0.2) is 18.2 Å². The molecular weight excluding hydrogens is 291 g/mol. The summed E-state index contributed by atoms with van der Waals surface area (Å²) in [6.07, 6.45) is 6.29. The predicted octanol–water partition coefficient (Wildman–Crippen LogP) is 4.00. The van der Waals surface area contributed by atoms with Gasteiger partial charge in [0, 0.05) is 16.1 Å². The van der Waals surface area contributed by atoms with Gasteiger partial charge in [0.2, 0.25) is 0 Å². The van der Waals surface area contributed by atoms with Crippen LogP contribution in [0.5, 0.6) is 0 Å². The second-order valence-corrected chi connectivity index (χ2v) is 6.50. The molecule has 1 saturated heterocycles. The molecule has 0 bridgehead atoms. The highest BCUT2D eigenvalue weighted by Crippen LogP contribution is 2.21. The molecule has 0 amide bonds. The van der Waals surface area contributed by atoms with Crippen molar-refractivity contribution in [3.63, 3.8) is 0 Å². The first-order chi connectivity index (χ1) is 9.66. The van der Waals surface area contributed by atoms with Crippen molar-refractivity contribution >= 4 is 23.2 Å². The Labute approximate surface area is 132 Å². The van der Waals surface area contributed by atoms with Gasteiger partial charge in [-0.25, -0.2) is 0 Å². The normalized spacial score (nSPS) is 20.2. The molecule has 20 heavy (non-hydrogen) atoms. The zero-order valence-electron chi connectivity index (χ0n) is 12.2. The summed E-state index contributed by atoms with van der Waals surface area (Å²) in [5, 5.41) is 5.00. The third kappa shape index (κ3) is 4.92. The molecule has 112 valence electrons. The summed E-state index contributed by atoms with van der Waals surface area (Å²) < 4.78 is 0. The molecule has 4 heteroatoms. The van der Waals surface area contributed by atoms with Gasteiger partial charge in [-0.3, -0.25) is 0 Å². The van der Waals surface area contributed by atoms with E-state index >= 15 is 0 Å². The van der Waals surface area contributed by atoms with Crippen LogP contribution in [0.2, 0.25) is 10.0 Å². The molecule has 1 N–H and O–H groups in total. The van der Waals surface area contributed by atoms with Gasteiger partial charge in [0.25, 0.3) is 0 Å². The first kappa shape index (κ1) is 16.1. The minimum Gasteiger partial charge on any atom is -0.316 e. The van der Waals surface area contributed by atoms with Gasteiger partial charge in [-0.2, -0.15) is 0 Å². The quantitative estimate of drug-likeness (QED) is 0.798. The molecule has 1 aliphatic heterocycles. The number of hydrogen-bond acceptors (Lipinski definition) is 2. The largest absolute Gasteiger partial charge is 0.316 e. The van der Waals surface area contributed by atoms with Crippen LogP contribution in [0.1, 0.15) is 31.2 Å². The van der Waals surface area contributed by atoms with Crippen molar-refractivity contribution in [2.45, 2.75) is 38.1 Å². The van der Waals surface area contributed by atoms with Crippen LogP contribution >= 0.6 is 23.2 Å². The molecule has 0 aliphatic carbocycles. The van der Waals surface area contributed by atoms with Crippen molar-refractivity contribution < 1.29 is 0 Å². The van der Waals surface area contributed by atoms with Crippen molar-refractivity contribution in [3.8, 4) is 0 Å². The smallest absolute Gasteiger partial charge is 0.0453 e. The van der Waals surface area contributed by atoms with Crippen molar-refractivity contribution in [1.29, 1.82) is 0 Å². The minimum absolute atomic E-state index is 0.701. The summed E-state index contributed by atoms with van der Waals surface area (Å²) in [6.45, 7) is 3.31. The van der Waals surface area contributed by atoms with E-state index in [2.05, 4.69) is 17.3 Å². The van der Waals surface area contributed by atoms with E-state index in [0.717, 1.165) is 30.6 Å². The molecule has 0 saturated carbocycles. The number of rotatable bonds is 6. The van der Waals surface area contributed by atoms with Crippen LogP contribution in [0.3, 0.4) is 0 Å². The number of benzene rings is 1. The van der Waals surface area contributed by atoms with Gasteiger partial charge in [-0.05, 0) is 70.1 Å². The Morgan fingerprint density at radius 1 is 1.25 bits per heavy atom. The standard InChI is InChI=1S/C16H24Cl2N2/c1-20-11-3-2-4-15(20)8-10-19-9-7-13-5-6-14(17)12-16(13)18/h5-6,12,15,19H,2-4,7-11H2,1H3. The van der Waals surface area contributed by atoms with Crippen molar-refractivity contribution in [3.05, 3.63) is 33.8 Å². The summed E-state index contributed by atoms with van der Waals surface area (Å²) in [7, 11) is 2.25. The number of nitrogens with zero attached hydrogens (tertiary/aromatic N) is 1. The molecule has 1 aromatic carbocycles. The Kier molecular flexibility index (Phi) is 6.63. The van der Waals surface area contributed by atoms with Gasteiger partial charge >= 0.3 is 0 Å². The Morgan fingerprint density at radius 3 is 2.85 bits per heavy atom. The van der Waals surface area contributed by atoms with E-state index in [0.29, 0.717) is 5.02 Å². The summed E-state index contributed by atoms with van der Waals surface area (Å²) in [4.78, 5) is 2.50. The van der Waals surface area contributed by atoms with E-state index in [-0.39, 0.29) is 0 Å². The second-order valence-electron chi connectivity index (χ2n) is 5.65. The van der Waals surface area contributed by atoms with Crippen LogP contribution in [0.25, 0.3) is 0 Å². The topological polar surface area (TPSA) is 15.3 Å². The van der Waals surface area contributed by atoms with Gasteiger partial charge < -0.3 is 10.2 Å². The van der Waals surface area contributed by atoms with E-state index in [9.17, 15) is 0 Å². The lowest BCUT2D eigenvalue weighted by molar-refractivity contribution is 0.175. The van der Waals surface area contributed by atoms with Crippen molar-refractivity contribution in [2.75, 3.05) is 26.7 Å². The fourth-order valence-electron chi connectivity index (χ4n) is 2.85. The van der Waals surface area contributed by atoms with Crippen LogP contribution in [0, 0.1) is 0 Å². The van der Waals surface area contributed by atoms with Gasteiger partial charge in [-0.15, -0.1) is 0 Å². The van der Waals surface area contributed by atoms with E-state index in [4.69, 9.17) is 23.2 Å². The van der Waals surface area contributed by atoms with E-state index in [1.807, 2.05) is 18.2 Å². The summed E-state index contributed by atoms with van der Waals surface area (Å²) in [5.74, 6) is 0. The first-order valence-electron chi connectivity index (χ1n) is 7.51. The highest BCUT2D eigenvalue weighted by Gasteiger charge is 2.17. The van der Waals surface area contributed by atoms with Gasteiger partial charge in [-0.1, -0.05) is 35.7 Å². The Balaban J connectivity index is 1.64. The summed E-state index contributed by atoms with van der Waals surface area (Å²) in [6, 6.07) is 6.49. The summed E-state index contributed by atoms with van der Waals surface area (Å²) >= 11 is 12.1. The predicted molar refractivity (Wildman–Crippen MR) is 87.9 cm³/mol. The molecule has 0 aromatic heterocycles. The second kappa shape index (κ2) is 8.23. The molecule has 0 spiro atoms. The zero-order chi connectivity index (χ0) is 14.4. The number of halogens is 2. The number of likely N-dealkylation sites (tertiary alicyclic amines) is 1. The van der Waals surface area contributed by atoms with Crippen molar-refractivity contribution in [2.24, 2.45) is 0 Å². The third-order valence-electron chi connectivity index (χ3n) is 4.16. The molecule has 0 radical (unpaired) electrons. The maximum absolute atomic E-state index is 6.16. The molecule has 1 aliphatic rings. The number of hydrogen-bond donors (Lipinski definition) is 1. The van der Waals surface area contributed by atoms with E-state index < -0.39 is 0 Å². The lowest BCUT2D eigenvalue weighted by atomic mass is 10.0. The van der Waals surface area contributed by atoms with E-state index in [1.165, 1.54) is 37.8 Å². The average molecular weight is 315 g/mol. The first-order valence-corrected chi connectivity index (χ1v) is 8.27. The van der Waals surface area contributed by atoms with E-state index in [1.54, 1.807) is 0 Å². The monoisotopic (exact) mass is 314 g/mol. The lowest BCUT2D eigenvalue weighted by Gasteiger charge is -2.32. The van der Waals surface area contributed by atoms with Gasteiger partial charge in [0.15, 0.2) is 0 Å². The highest BCUT2D eigenvalue weighted by molar-refractivity contribution is 6.35. The SMILES string of the molecule is CN1CCCCC1CCNCCc1ccc(Cl)cc1Cl. The number of nitrogens with one attached hydrogen (secondary N) is 1. The Morgan fingerprint density at radius 2 is 2.10 bits per heavy atom. The Bertz CT molecular complexity index is 423. The number of piperidine rings is 1. The molecule has 1 atom stereocenters.